The van der Waals surface area contributed by atoms with Crippen molar-refractivity contribution in [3.05, 3.63) is 77.0 Å². The molecule has 0 aliphatic carbocycles. The van der Waals surface area contributed by atoms with Crippen LogP contribution in [0.1, 0.15) is 45.8 Å². The van der Waals surface area contributed by atoms with E-state index in [0.717, 1.165) is 50.3 Å². The zero-order valence-electron chi connectivity index (χ0n) is 24.0. The third kappa shape index (κ3) is 6.27. The molecule has 3 aliphatic heterocycles. The first-order valence-electron chi connectivity index (χ1n) is 14.4. The molecule has 10 heteroatoms. The second kappa shape index (κ2) is 12.0. The maximum Gasteiger partial charge on any atom is 0.281 e. The summed E-state index contributed by atoms with van der Waals surface area (Å²) in [5.41, 5.74) is 5.19. The fraction of sp³-hybridized carbons (Fsp3) is 0.375. The number of piperidine rings is 1. The predicted octanol–water partition coefficient (Wildman–Crippen LogP) is 4.27. The van der Waals surface area contributed by atoms with Gasteiger partial charge in [0.15, 0.2) is 9.84 Å². The topological polar surface area (TPSA) is 106 Å². The lowest BCUT2D eigenvalue weighted by Gasteiger charge is -2.29. The molecule has 1 N–H and O–H groups in total. The molecular weight excluding hydrogens is 550 g/mol. The molecule has 219 valence electrons. The van der Waals surface area contributed by atoms with E-state index in [1.807, 2.05) is 30.3 Å². The van der Waals surface area contributed by atoms with E-state index in [0.29, 0.717) is 53.9 Å². The van der Waals surface area contributed by atoms with Gasteiger partial charge in [-0.3, -0.25) is 9.69 Å². The van der Waals surface area contributed by atoms with Gasteiger partial charge in [0.25, 0.3) is 5.91 Å². The molecule has 3 aliphatic rings. The molecule has 9 nitrogen and oxygen atoms in total. The standard InChI is InChI=1S/C32H36N5O4S/c1-36-13-10-23(11-14-36)22-5-7-27(8-6-22)34-31-30-25(9-12-33-32(30)38)19-28(35-31)24-3-4-26(29(20-24)42(2,39)40)21-37-15-17-41-18-16-37/h3-9,12,19-20,23H,10-11,13-18,21H2,1-2H3,(H,34,35). The molecule has 42 heavy (non-hydrogen) atoms. The number of hydrogen-bond donors (Lipinski definition) is 1. The fourth-order valence-electron chi connectivity index (χ4n) is 5.92. The Morgan fingerprint density at radius 3 is 2.45 bits per heavy atom. The van der Waals surface area contributed by atoms with Crippen LogP contribution in [0.2, 0.25) is 0 Å². The Balaban J connectivity index is 1.33. The van der Waals surface area contributed by atoms with E-state index in [1.165, 1.54) is 18.0 Å². The van der Waals surface area contributed by atoms with Crippen LogP contribution in [-0.4, -0.2) is 81.8 Å². The predicted molar refractivity (Wildman–Crippen MR) is 164 cm³/mol. The summed E-state index contributed by atoms with van der Waals surface area (Å²) in [5.74, 6) is 0.575. The minimum atomic E-state index is -3.50. The lowest BCUT2D eigenvalue weighted by molar-refractivity contribution is 0.0338. The molecule has 1 aromatic heterocycles. The monoisotopic (exact) mass is 586 g/mol. The van der Waals surface area contributed by atoms with Crippen LogP contribution in [0.15, 0.2) is 59.6 Å². The van der Waals surface area contributed by atoms with Crippen LogP contribution in [0.25, 0.3) is 17.3 Å². The smallest absolute Gasteiger partial charge is 0.281 e. The molecule has 3 aromatic rings. The number of nitrogens with one attached hydrogen (secondary N) is 1. The molecule has 0 unspecified atom stereocenters. The second-order valence-electron chi connectivity index (χ2n) is 11.4. The van der Waals surface area contributed by atoms with Crippen LogP contribution in [0.5, 0.6) is 0 Å². The van der Waals surface area contributed by atoms with Gasteiger partial charge in [0, 0.05) is 43.3 Å². The van der Waals surface area contributed by atoms with Gasteiger partial charge >= 0.3 is 0 Å². The van der Waals surface area contributed by atoms with Crippen molar-refractivity contribution >= 4 is 33.3 Å². The highest BCUT2D eigenvalue weighted by Crippen LogP contribution is 2.33. The summed E-state index contributed by atoms with van der Waals surface area (Å²) in [4.78, 5) is 22.5. The van der Waals surface area contributed by atoms with Gasteiger partial charge in [-0.05, 0) is 85.9 Å². The maximum absolute atomic E-state index is 12.9. The Kier molecular flexibility index (Phi) is 8.13. The van der Waals surface area contributed by atoms with Crippen LogP contribution in [0, 0.1) is 0 Å². The highest BCUT2D eigenvalue weighted by molar-refractivity contribution is 7.90. The van der Waals surface area contributed by atoms with Crippen LogP contribution in [0.4, 0.5) is 11.5 Å². The molecule has 1 amide bonds. The third-order valence-corrected chi connectivity index (χ3v) is 9.51. The molecule has 0 bridgehead atoms. The molecule has 2 fully saturated rings. The fourth-order valence-corrected chi connectivity index (χ4v) is 6.87. The van der Waals surface area contributed by atoms with Crippen molar-refractivity contribution in [3.8, 4) is 11.3 Å². The van der Waals surface area contributed by atoms with E-state index >= 15 is 0 Å². The zero-order valence-corrected chi connectivity index (χ0v) is 24.9. The van der Waals surface area contributed by atoms with Crippen molar-refractivity contribution in [2.24, 2.45) is 0 Å². The summed E-state index contributed by atoms with van der Waals surface area (Å²) in [5, 5.41) is 7.32. The number of rotatable bonds is 7. The van der Waals surface area contributed by atoms with Gasteiger partial charge in [0.1, 0.15) is 5.82 Å². The van der Waals surface area contributed by atoms with Crippen molar-refractivity contribution in [3.63, 3.8) is 0 Å². The van der Waals surface area contributed by atoms with E-state index in [-0.39, 0.29) is 10.8 Å². The zero-order chi connectivity index (χ0) is 29.3. The number of morpholine rings is 1. The van der Waals surface area contributed by atoms with Crippen molar-refractivity contribution < 1.29 is 17.9 Å². The number of benzene rings is 2. The number of ether oxygens (including phenoxy) is 1. The van der Waals surface area contributed by atoms with Gasteiger partial charge in [0.05, 0.1) is 29.4 Å². The number of hydrogen-bond acceptors (Lipinski definition) is 8. The number of nitrogens with zero attached hydrogens (tertiary/aromatic N) is 4. The Morgan fingerprint density at radius 1 is 1.00 bits per heavy atom. The number of fused-ring (bicyclic) bond motifs is 1. The van der Waals surface area contributed by atoms with E-state index in [2.05, 4.69) is 39.6 Å². The van der Waals surface area contributed by atoms with Gasteiger partial charge < -0.3 is 15.0 Å². The lowest BCUT2D eigenvalue weighted by atomic mass is 9.89. The van der Waals surface area contributed by atoms with E-state index in [1.54, 1.807) is 12.1 Å². The summed E-state index contributed by atoms with van der Waals surface area (Å²) in [6.45, 7) is 5.53. The largest absolute Gasteiger partial charge is 0.379 e. The summed E-state index contributed by atoms with van der Waals surface area (Å²) in [7, 11) is -1.34. The van der Waals surface area contributed by atoms with Gasteiger partial charge in [-0.2, -0.15) is 0 Å². The quantitative estimate of drug-likeness (QED) is 0.438. The first-order valence-corrected chi connectivity index (χ1v) is 16.3. The minimum absolute atomic E-state index is 0.284. The summed E-state index contributed by atoms with van der Waals surface area (Å²) in [6.07, 6.45) is 6.79. The third-order valence-electron chi connectivity index (χ3n) is 8.33. The molecule has 1 radical (unpaired) electrons. The average molecular weight is 587 g/mol. The highest BCUT2D eigenvalue weighted by Gasteiger charge is 2.24. The number of sulfone groups is 1. The lowest BCUT2D eigenvalue weighted by Crippen LogP contribution is -2.36. The van der Waals surface area contributed by atoms with Crippen molar-refractivity contribution in [2.75, 3.05) is 58.0 Å². The van der Waals surface area contributed by atoms with Crippen LogP contribution >= 0.6 is 0 Å². The molecule has 0 saturated carbocycles. The molecule has 0 spiro atoms. The van der Waals surface area contributed by atoms with Crippen LogP contribution in [-0.2, 0) is 21.1 Å². The Hall–Kier alpha value is -3.57. The normalized spacial score (nSPS) is 18.5. The number of pyridine rings is 1. The number of amides is 1. The molecule has 2 aromatic carbocycles. The van der Waals surface area contributed by atoms with Gasteiger partial charge in [-0.1, -0.05) is 24.3 Å². The molecule has 4 heterocycles. The Labute approximate surface area is 247 Å². The molecule has 6 rings (SSSR count). The number of likely N-dealkylation sites (tertiary alicyclic amines) is 1. The summed E-state index contributed by atoms with van der Waals surface area (Å²) in [6, 6.07) is 15.6. The Morgan fingerprint density at radius 2 is 1.74 bits per heavy atom. The van der Waals surface area contributed by atoms with Crippen molar-refractivity contribution in [2.45, 2.75) is 30.2 Å². The first kappa shape index (κ1) is 28.5. The second-order valence-corrected chi connectivity index (χ2v) is 13.4. The summed E-state index contributed by atoms with van der Waals surface area (Å²) >= 11 is 0. The maximum atomic E-state index is 12.9. The number of aromatic nitrogens is 1. The van der Waals surface area contributed by atoms with Gasteiger partial charge in [-0.25, -0.2) is 18.7 Å². The minimum Gasteiger partial charge on any atom is -0.379 e. The molecule has 0 atom stereocenters. The summed E-state index contributed by atoms with van der Waals surface area (Å²) < 4.78 is 31.2. The van der Waals surface area contributed by atoms with E-state index in [9.17, 15) is 13.2 Å². The number of carbonyl (C=O) groups excluding carboxylic acids is 1. The average Bonchev–Trinajstić information content (AvgIpc) is 2.98. The van der Waals surface area contributed by atoms with Crippen LogP contribution in [0.3, 0.4) is 0 Å². The van der Waals surface area contributed by atoms with Gasteiger partial charge in [-0.15, -0.1) is 0 Å². The number of anilines is 2. The van der Waals surface area contributed by atoms with Gasteiger partial charge in [0.2, 0.25) is 0 Å². The van der Waals surface area contributed by atoms with Crippen molar-refractivity contribution in [1.82, 2.24) is 20.1 Å². The van der Waals surface area contributed by atoms with Crippen molar-refractivity contribution in [1.29, 1.82) is 0 Å². The molecular formula is C32H36N5O4S. The SMILES string of the molecule is CN1CCC(c2ccc(Nc3nc(-c4ccc(CN5CCOCC5)c(S(C)(=O)=O)c4)cc4c3C(=O)[N]C=C4)cc2)CC1. The van der Waals surface area contributed by atoms with Crippen LogP contribution < -0.4 is 10.6 Å². The highest BCUT2D eigenvalue weighted by atomic mass is 32.2. The Bertz CT molecular complexity index is 1610. The van der Waals surface area contributed by atoms with E-state index in [4.69, 9.17) is 9.72 Å². The molecule has 2 saturated heterocycles. The number of carbonyl (C=O) groups is 1. The first-order chi connectivity index (χ1) is 20.2. The van der Waals surface area contributed by atoms with E-state index < -0.39 is 9.84 Å².